The summed E-state index contributed by atoms with van der Waals surface area (Å²) in [4.78, 5) is 59.3. The van der Waals surface area contributed by atoms with Crippen LogP contribution in [-0.4, -0.2) is 87.7 Å². The monoisotopic (exact) mass is 374 g/mol. The third kappa shape index (κ3) is 5.67. The molecule has 3 amide bonds. The largest absolute Gasteiger partial charge is 0.481 e. The number of aliphatic hydroxyl groups is 1. The summed E-state index contributed by atoms with van der Waals surface area (Å²) >= 11 is 0. The third-order valence-corrected chi connectivity index (χ3v) is 3.86. The highest BCUT2D eigenvalue weighted by Crippen LogP contribution is 2.17. The average molecular weight is 374 g/mol. The number of nitrogens with one attached hydrogen (secondary N) is 2. The van der Waals surface area contributed by atoms with Gasteiger partial charge in [0, 0.05) is 6.54 Å². The molecular formula is C14H22N4O8. The Morgan fingerprint density at radius 2 is 1.77 bits per heavy atom. The van der Waals surface area contributed by atoms with Crippen molar-refractivity contribution >= 4 is 29.7 Å². The molecule has 26 heavy (non-hydrogen) atoms. The topological polar surface area (TPSA) is 199 Å². The van der Waals surface area contributed by atoms with E-state index in [9.17, 15) is 24.0 Å². The van der Waals surface area contributed by atoms with Crippen molar-refractivity contribution in [1.82, 2.24) is 15.5 Å². The summed E-state index contributed by atoms with van der Waals surface area (Å²) in [6.07, 6.45) is 0.0749. The van der Waals surface area contributed by atoms with Crippen LogP contribution in [0.25, 0.3) is 0 Å². The number of aliphatic carboxylic acids is 2. The van der Waals surface area contributed by atoms with Gasteiger partial charge in [-0.2, -0.15) is 0 Å². The van der Waals surface area contributed by atoms with Gasteiger partial charge in [-0.15, -0.1) is 0 Å². The molecule has 0 aromatic rings. The van der Waals surface area contributed by atoms with Gasteiger partial charge in [-0.25, -0.2) is 4.79 Å². The summed E-state index contributed by atoms with van der Waals surface area (Å²) in [6.45, 7) is -0.884. The minimum absolute atomic E-state index is 0.292. The second-order valence-electron chi connectivity index (χ2n) is 5.69. The van der Waals surface area contributed by atoms with Crippen LogP contribution >= 0.6 is 0 Å². The Hall–Kier alpha value is -2.73. The number of hydrogen-bond donors (Lipinski definition) is 6. The molecule has 12 nitrogen and oxygen atoms in total. The van der Waals surface area contributed by atoms with Crippen molar-refractivity contribution in [3.05, 3.63) is 0 Å². The van der Waals surface area contributed by atoms with E-state index in [1.54, 1.807) is 0 Å². The standard InChI is InChI=1S/C14H22N4O8/c15-5-10(20)18-3-1-2-9(18)13(24)16-7(4-11(21)22)12(23)17-8(6-19)14(25)26/h7-9,19H,1-6,15H2,(H,16,24)(H,17,23)(H,21,22)(H,25,26). The Bertz CT molecular complexity index is 581. The van der Waals surface area contributed by atoms with E-state index in [2.05, 4.69) is 5.32 Å². The van der Waals surface area contributed by atoms with Crippen molar-refractivity contribution in [3.63, 3.8) is 0 Å². The molecule has 146 valence electrons. The van der Waals surface area contributed by atoms with E-state index in [0.717, 1.165) is 0 Å². The van der Waals surface area contributed by atoms with Crippen LogP contribution in [0.1, 0.15) is 19.3 Å². The van der Waals surface area contributed by atoms with Crippen molar-refractivity contribution in [2.45, 2.75) is 37.4 Å². The van der Waals surface area contributed by atoms with Gasteiger partial charge in [0.25, 0.3) is 0 Å². The maximum absolute atomic E-state index is 12.4. The van der Waals surface area contributed by atoms with Crippen molar-refractivity contribution in [3.8, 4) is 0 Å². The second kappa shape index (κ2) is 9.68. The maximum Gasteiger partial charge on any atom is 0.328 e. The molecule has 0 radical (unpaired) electrons. The Morgan fingerprint density at radius 1 is 1.12 bits per heavy atom. The fraction of sp³-hybridized carbons (Fsp3) is 0.643. The van der Waals surface area contributed by atoms with Crippen molar-refractivity contribution in [2.24, 2.45) is 5.73 Å². The van der Waals surface area contributed by atoms with Crippen LogP contribution in [-0.2, 0) is 24.0 Å². The lowest BCUT2D eigenvalue weighted by atomic mass is 10.1. The highest BCUT2D eigenvalue weighted by Gasteiger charge is 2.36. The quantitative estimate of drug-likeness (QED) is 0.236. The van der Waals surface area contributed by atoms with Gasteiger partial charge in [0.15, 0.2) is 0 Å². The van der Waals surface area contributed by atoms with Gasteiger partial charge in [0.05, 0.1) is 19.6 Å². The molecule has 12 heteroatoms. The average Bonchev–Trinajstić information content (AvgIpc) is 3.07. The second-order valence-corrected chi connectivity index (χ2v) is 5.69. The number of carboxylic acids is 2. The van der Waals surface area contributed by atoms with Crippen LogP contribution in [0.4, 0.5) is 0 Å². The lowest BCUT2D eigenvalue weighted by Crippen LogP contribution is -2.56. The molecule has 0 spiro atoms. The molecule has 1 aliphatic rings. The first kappa shape index (κ1) is 21.3. The molecule has 0 aromatic heterocycles. The normalized spacial score (nSPS) is 18.7. The Labute approximate surface area is 148 Å². The van der Waals surface area contributed by atoms with E-state index in [1.807, 2.05) is 5.32 Å². The van der Waals surface area contributed by atoms with Gasteiger partial charge in [-0.3, -0.25) is 19.2 Å². The van der Waals surface area contributed by atoms with E-state index in [0.29, 0.717) is 19.4 Å². The molecular weight excluding hydrogens is 352 g/mol. The van der Waals surface area contributed by atoms with E-state index in [-0.39, 0.29) is 6.54 Å². The molecule has 1 saturated heterocycles. The van der Waals surface area contributed by atoms with E-state index < -0.39 is 60.8 Å². The van der Waals surface area contributed by atoms with Crippen LogP contribution in [0, 0.1) is 0 Å². The van der Waals surface area contributed by atoms with Crippen LogP contribution in [0.3, 0.4) is 0 Å². The number of nitrogens with zero attached hydrogens (tertiary/aromatic N) is 1. The molecule has 1 rings (SSSR count). The number of carbonyl (C=O) groups is 5. The fourth-order valence-corrected chi connectivity index (χ4v) is 2.56. The number of likely N-dealkylation sites (tertiary alicyclic amines) is 1. The van der Waals surface area contributed by atoms with Crippen molar-refractivity contribution in [1.29, 1.82) is 0 Å². The van der Waals surface area contributed by atoms with Gasteiger partial charge >= 0.3 is 11.9 Å². The van der Waals surface area contributed by atoms with Gasteiger partial charge in [-0.05, 0) is 12.8 Å². The molecule has 3 unspecified atom stereocenters. The first-order valence-corrected chi connectivity index (χ1v) is 7.87. The predicted molar refractivity (Wildman–Crippen MR) is 84.6 cm³/mol. The van der Waals surface area contributed by atoms with E-state index >= 15 is 0 Å². The highest BCUT2D eigenvalue weighted by molar-refractivity contribution is 5.95. The molecule has 1 aliphatic heterocycles. The summed E-state index contributed by atoms with van der Waals surface area (Å²) in [7, 11) is 0. The zero-order valence-corrected chi connectivity index (χ0v) is 13.9. The molecule has 0 bridgehead atoms. The summed E-state index contributed by atoms with van der Waals surface area (Å²) in [5.74, 6) is -5.18. The number of hydrogen-bond acceptors (Lipinski definition) is 7. The summed E-state index contributed by atoms with van der Waals surface area (Å²) in [6, 6.07) is -4.09. The molecule has 0 aromatic carbocycles. The molecule has 1 fully saturated rings. The fourth-order valence-electron chi connectivity index (χ4n) is 2.56. The summed E-state index contributed by atoms with van der Waals surface area (Å²) in [5, 5.41) is 30.8. The number of amides is 3. The zero-order chi connectivity index (χ0) is 19.9. The first-order valence-electron chi connectivity index (χ1n) is 7.87. The minimum Gasteiger partial charge on any atom is -0.481 e. The molecule has 1 heterocycles. The van der Waals surface area contributed by atoms with Crippen molar-refractivity contribution in [2.75, 3.05) is 19.7 Å². The first-order chi connectivity index (χ1) is 12.2. The lowest BCUT2D eigenvalue weighted by Gasteiger charge is -2.26. The Morgan fingerprint density at radius 3 is 2.27 bits per heavy atom. The number of rotatable bonds is 9. The SMILES string of the molecule is NCC(=O)N1CCCC1C(=O)NC(CC(=O)O)C(=O)NC(CO)C(=O)O. The van der Waals surface area contributed by atoms with E-state index in [4.69, 9.17) is 21.1 Å². The number of nitrogens with two attached hydrogens (primary N) is 1. The van der Waals surface area contributed by atoms with Crippen LogP contribution < -0.4 is 16.4 Å². The van der Waals surface area contributed by atoms with E-state index in [1.165, 1.54) is 4.90 Å². The highest BCUT2D eigenvalue weighted by atomic mass is 16.4. The zero-order valence-electron chi connectivity index (χ0n) is 13.9. The van der Waals surface area contributed by atoms with Crippen LogP contribution in [0.2, 0.25) is 0 Å². The van der Waals surface area contributed by atoms with Gasteiger partial charge in [-0.1, -0.05) is 0 Å². The number of carbonyl (C=O) groups excluding carboxylic acids is 3. The summed E-state index contributed by atoms with van der Waals surface area (Å²) in [5.41, 5.74) is 5.28. The Balaban J connectivity index is 2.84. The van der Waals surface area contributed by atoms with Crippen LogP contribution in [0.5, 0.6) is 0 Å². The maximum atomic E-state index is 12.4. The lowest BCUT2D eigenvalue weighted by molar-refractivity contribution is -0.145. The van der Waals surface area contributed by atoms with Crippen molar-refractivity contribution < 1.29 is 39.3 Å². The predicted octanol–water partition coefficient (Wildman–Crippen LogP) is -3.54. The molecule has 0 saturated carbocycles. The summed E-state index contributed by atoms with van der Waals surface area (Å²) < 4.78 is 0. The van der Waals surface area contributed by atoms with Gasteiger partial charge in [0.1, 0.15) is 18.1 Å². The molecule has 3 atom stereocenters. The van der Waals surface area contributed by atoms with Crippen LogP contribution in [0.15, 0.2) is 0 Å². The smallest absolute Gasteiger partial charge is 0.328 e. The number of carboxylic acid groups (broad SMARTS) is 2. The third-order valence-electron chi connectivity index (χ3n) is 3.86. The minimum atomic E-state index is -1.64. The van der Waals surface area contributed by atoms with Gasteiger partial charge in [0.2, 0.25) is 17.7 Å². The number of aliphatic hydroxyl groups excluding tert-OH is 1. The molecule has 0 aliphatic carbocycles. The van der Waals surface area contributed by atoms with Gasteiger partial charge < -0.3 is 36.6 Å². The molecule has 7 N–H and O–H groups in total. The Kier molecular flexibility index (Phi) is 7.93.